The van der Waals surface area contributed by atoms with Gasteiger partial charge in [0.15, 0.2) is 0 Å². The number of hydrogen-bond acceptors (Lipinski definition) is 7. The molecule has 0 atom stereocenters. The summed E-state index contributed by atoms with van der Waals surface area (Å²) in [6.07, 6.45) is 1.33. The number of nitrogens with one attached hydrogen (secondary N) is 1. The second-order valence-electron chi connectivity index (χ2n) is 6.30. The standard InChI is InChI=1S/C21H19N3O6/c1-29-20(27)13-7-8-15(21(28)30-2)17(11-13)23-18(25)9-10-24-12-22-16-6-4-3-5-14(16)19(24)26/h3-8,11-12H,9-10H2,1-2H3,(H,23,25). The van der Waals surface area contributed by atoms with Gasteiger partial charge in [-0.3, -0.25) is 14.2 Å². The van der Waals surface area contributed by atoms with Gasteiger partial charge in [-0.15, -0.1) is 0 Å². The molecule has 0 saturated heterocycles. The van der Waals surface area contributed by atoms with E-state index < -0.39 is 17.8 Å². The highest BCUT2D eigenvalue weighted by Crippen LogP contribution is 2.20. The van der Waals surface area contributed by atoms with Crippen LogP contribution < -0.4 is 10.9 Å². The number of anilines is 1. The average Bonchev–Trinajstić information content (AvgIpc) is 2.77. The summed E-state index contributed by atoms with van der Waals surface area (Å²) < 4.78 is 10.7. The molecule has 1 amide bonds. The highest BCUT2D eigenvalue weighted by Gasteiger charge is 2.17. The number of rotatable bonds is 6. The molecule has 0 spiro atoms. The molecule has 0 saturated carbocycles. The molecule has 0 aliphatic carbocycles. The van der Waals surface area contributed by atoms with Crippen molar-refractivity contribution in [2.45, 2.75) is 13.0 Å². The van der Waals surface area contributed by atoms with E-state index in [1.54, 1.807) is 24.3 Å². The summed E-state index contributed by atoms with van der Waals surface area (Å²) in [4.78, 5) is 52.9. The van der Waals surface area contributed by atoms with Gasteiger partial charge in [0.1, 0.15) is 0 Å². The van der Waals surface area contributed by atoms with Gasteiger partial charge in [-0.2, -0.15) is 0 Å². The first-order chi connectivity index (χ1) is 14.4. The molecule has 0 bridgehead atoms. The third-order valence-corrected chi connectivity index (χ3v) is 4.43. The molecule has 0 unspecified atom stereocenters. The van der Waals surface area contributed by atoms with Crippen LogP contribution in [0.15, 0.2) is 53.6 Å². The van der Waals surface area contributed by atoms with Crippen molar-refractivity contribution in [2.24, 2.45) is 0 Å². The van der Waals surface area contributed by atoms with Gasteiger partial charge >= 0.3 is 11.9 Å². The third-order valence-electron chi connectivity index (χ3n) is 4.43. The van der Waals surface area contributed by atoms with Crippen molar-refractivity contribution in [3.05, 3.63) is 70.3 Å². The Morgan fingerprint density at radius 2 is 1.77 bits per heavy atom. The minimum atomic E-state index is -0.670. The lowest BCUT2D eigenvalue weighted by Gasteiger charge is -2.12. The van der Waals surface area contributed by atoms with Crippen LogP contribution in [0, 0.1) is 0 Å². The second-order valence-corrected chi connectivity index (χ2v) is 6.30. The summed E-state index contributed by atoms with van der Waals surface area (Å²) >= 11 is 0. The Kier molecular flexibility index (Phi) is 6.21. The van der Waals surface area contributed by atoms with E-state index in [-0.39, 0.29) is 35.3 Å². The van der Waals surface area contributed by atoms with Crippen LogP contribution >= 0.6 is 0 Å². The van der Waals surface area contributed by atoms with Gasteiger partial charge in [0, 0.05) is 13.0 Å². The molecule has 9 nitrogen and oxygen atoms in total. The molecule has 0 radical (unpaired) electrons. The van der Waals surface area contributed by atoms with Crippen LogP contribution in [-0.4, -0.2) is 41.6 Å². The van der Waals surface area contributed by atoms with Crippen molar-refractivity contribution in [3.63, 3.8) is 0 Å². The number of amides is 1. The SMILES string of the molecule is COC(=O)c1ccc(C(=O)OC)c(NC(=O)CCn2cnc3ccccc3c2=O)c1. The Labute approximate surface area is 171 Å². The number of carbonyl (C=O) groups excluding carboxylic acids is 3. The first-order valence-electron chi connectivity index (χ1n) is 8.99. The lowest BCUT2D eigenvalue weighted by Crippen LogP contribution is -2.24. The van der Waals surface area contributed by atoms with Crippen molar-refractivity contribution in [1.29, 1.82) is 0 Å². The maximum Gasteiger partial charge on any atom is 0.339 e. The van der Waals surface area contributed by atoms with E-state index in [0.29, 0.717) is 10.9 Å². The molecule has 0 aliphatic rings. The van der Waals surface area contributed by atoms with Gasteiger partial charge in [0.25, 0.3) is 5.56 Å². The number of hydrogen-bond donors (Lipinski definition) is 1. The van der Waals surface area contributed by atoms with E-state index in [2.05, 4.69) is 15.0 Å². The van der Waals surface area contributed by atoms with E-state index >= 15 is 0 Å². The molecule has 1 heterocycles. The van der Waals surface area contributed by atoms with Crippen LogP contribution in [0.4, 0.5) is 5.69 Å². The molecule has 3 rings (SSSR count). The third kappa shape index (κ3) is 4.35. The maximum absolute atomic E-state index is 12.5. The zero-order valence-corrected chi connectivity index (χ0v) is 16.4. The summed E-state index contributed by atoms with van der Waals surface area (Å²) in [5, 5.41) is 3.05. The molecule has 9 heteroatoms. The van der Waals surface area contributed by atoms with Crippen molar-refractivity contribution >= 4 is 34.4 Å². The topological polar surface area (TPSA) is 117 Å². The van der Waals surface area contributed by atoms with E-state index in [0.717, 1.165) is 0 Å². The number of fused-ring (bicyclic) bond motifs is 1. The van der Waals surface area contributed by atoms with Gasteiger partial charge in [0.2, 0.25) is 5.91 Å². The molecular weight excluding hydrogens is 390 g/mol. The lowest BCUT2D eigenvalue weighted by atomic mass is 10.1. The Hall–Kier alpha value is -4.01. The molecule has 1 N–H and O–H groups in total. The number of para-hydroxylation sites is 1. The summed E-state index contributed by atoms with van der Waals surface area (Å²) in [5.74, 6) is -1.74. The number of aryl methyl sites for hydroxylation is 1. The van der Waals surface area contributed by atoms with Crippen LogP contribution in [0.5, 0.6) is 0 Å². The predicted molar refractivity (Wildman–Crippen MR) is 108 cm³/mol. The number of methoxy groups -OCH3 is 2. The first kappa shape index (κ1) is 20.7. The fourth-order valence-electron chi connectivity index (χ4n) is 2.88. The minimum absolute atomic E-state index is 0.0526. The number of esters is 2. The van der Waals surface area contributed by atoms with E-state index in [1.807, 2.05) is 0 Å². The quantitative estimate of drug-likeness (QED) is 0.619. The van der Waals surface area contributed by atoms with E-state index in [4.69, 9.17) is 4.74 Å². The summed E-state index contributed by atoms with van der Waals surface area (Å²) in [7, 11) is 2.44. The first-order valence-corrected chi connectivity index (χ1v) is 8.99. The number of ether oxygens (including phenoxy) is 2. The molecule has 2 aromatic carbocycles. The van der Waals surface area contributed by atoms with Gasteiger partial charge in [-0.25, -0.2) is 14.6 Å². The summed E-state index contributed by atoms with van der Waals surface area (Å²) in [6.45, 7) is 0.0900. The molecule has 154 valence electrons. The number of aromatic nitrogens is 2. The average molecular weight is 409 g/mol. The Morgan fingerprint density at radius 3 is 2.50 bits per heavy atom. The van der Waals surface area contributed by atoms with Crippen molar-refractivity contribution in [3.8, 4) is 0 Å². The Morgan fingerprint density at radius 1 is 1.03 bits per heavy atom. The fraction of sp³-hybridized carbons (Fsp3) is 0.190. The van der Waals surface area contributed by atoms with Crippen LogP contribution in [-0.2, 0) is 20.8 Å². The Balaban J connectivity index is 1.79. The van der Waals surface area contributed by atoms with Gasteiger partial charge in [0.05, 0.1) is 48.3 Å². The summed E-state index contributed by atoms with van der Waals surface area (Å²) in [5.41, 5.74) is 0.680. The molecule has 1 aromatic heterocycles. The zero-order chi connectivity index (χ0) is 21.7. The van der Waals surface area contributed by atoms with Crippen molar-refractivity contribution < 1.29 is 23.9 Å². The van der Waals surface area contributed by atoms with Crippen LogP contribution in [0.25, 0.3) is 10.9 Å². The van der Waals surface area contributed by atoms with Crippen LogP contribution in [0.2, 0.25) is 0 Å². The van der Waals surface area contributed by atoms with Crippen molar-refractivity contribution in [2.75, 3.05) is 19.5 Å². The van der Waals surface area contributed by atoms with Crippen LogP contribution in [0.3, 0.4) is 0 Å². The molecule has 0 fully saturated rings. The Bertz CT molecular complexity index is 1180. The van der Waals surface area contributed by atoms with Crippen molar-refractivity contribution in [1.82, 2.24) is 9.55 Å². The fourth-order valence-corrected chi connectivity index (χ4v) is 2.88. The zero-order valence-electron chi connectivity index (χ0n) is 16.4. The van der Waals surface area contributed by atoms with Gasteiger partial charge < -0.3 is 14.8 Å². The maximum atomic E-state index is 12.5. The highest BCUT2D eigenvalue weighted by molar-refractivity contribution is 6.03. The molecular formula is C21H19N3O6. The predicted octanol–water partition coefficient (Wildman–Crippen LogP) is 2.00. The molecule has 0 aliphatic heterocycles. The number of nitrogens with zero attached hydrogens (tertiary/aromatic N) is 2. The van der Waals surface area contributed by atoms with Crippen LogP contribution in [0.1, 0.15) is 27.1 Å². The normalized spacial score (nSPS) is 10.5. The number of carbonyl (C=O) groups is 3. The smallest absolute Gasteiger partial charge is 0.339 e. The molecule has 3 aromatic rings. The molecule has 30 heavy (non-hydrogen) atoms. The van der Waals surface area contributed by atoms with E-state index in [1.165, 1.54) is 43.3 Å². The summed E-state index contributed by atoms with van der Waals surface area (Å²) in [6, 6.07) is 11.0. The van der Waals surface area contributed by atoms with Gasteiger partial charge in [-0.05, 0) is 30.3 Å². The minimum Gasteiger partial charge on any atom is -0.465 e. The highest BCUT2D eigenvalue weighted by atomic mass is 16.5. The monoisotopic (exact) mass is 409 g/mol. The van der Waals surface area contributed by atoms with E-state index in [9.17, 15) is 19.2 Å². The lowest BCUT2D eigenvalue weighted by molar-refractivity contribution is -0.116. The second kappa shape index (κ2) is 8.99. The largest absolute Gasteiger partial charge is 0.465 e. The number of benzene rings is 2. The van der Waals surface area contributed by atoms with Gasteiger partial charge in [-0.1, -0.05) is 12.1 Å².